The first-order valence-corrected chi connectivity index (χ1v) is 7.47. The number of carboxylic acid groups (broad SMARTS) is 1. The number of aromatic nitrogens is 4. The van der Waals surface area contributed by atoms with Crippen LogP contribution in [0.15, 0.2) is 40.4 Å². The third kappa shape index (κ3) is 2.83. The van der Waals surface area contributed by atoms with Gasteiger partial charge in [-0.15, -0.1) is 0 Å². The van der Waals surface area contributed by atoms with E-state index in [9.17, 15) is 14.7 Å². The third-order valence-corrected chi connectivity index (χ3v) is 3.91. The zero-order valence-electron chi connectivity index (χ0n) is 10.9. The highest BCUT2D eigenvalue weighted by Gasteiger charge is 2.11. The summed E-state index contributed by atoms with van der Waals surface area (Å²) >= 11 is 6.72. The highest BCUT2D eigenvalue weighted by molar-refractivity contribution is 7.99. The summed E-state index contributed by atoms with van der Waals surface area (Å²) in [7, 11) is 0. The van der Waals surface area contributed by atoms with E-state index >= 15 is 0 Å². The zero-order chi connectivity index (χ0) is 15.7. The second kappa shape index (κ2) is 5.82. The van der Waals surface area contributed by atoms with Crippen LogP contribution in [0.1, 0.15) is 0 Å². The number of carbonyl (C=O) groups is 1. The Morgan fingerprint density at radius 3 is 2.77 bits per heavy atom. The molecule has 0 saturated carbocycles. The molecule has 2 heterocycles. The number of nitrogens with one attached hydrogen (secondary N) is 1. The molecule has 0 aliphatic rings. The van der Waals surface area contributed by atoms with Crippen LogP contribution in [0.3, 0.4) is 0 Å². The van der Waals surface area contributed by atoms with Gasteiger partial charge in [0.05, 0.1) is 17.9 Å². The Hall–Kier alpha value is -2.32. The largest absolute Gasteiger partial charge is 0.549 e. The van der Waals surface area contributed by atoms with Gasteiger partial charge in [0, 0.05) is 10.8 Å². The summed E-state index contributed by atoms with van der Waals surface area (Å²) in [5, 5.41) is 15.7. The van der Waals surface area contributed by atoms with E-state index in [0.717, 1.165) is 11.8 Å². The van der Waals surface area contributed by atoms with Crippen LogP contribution in [0.2, 0.25) is 5.02 Å². The second-order valence-corrected chi connectivity index (χ2v) is 5.70. The number of hydrogen-bond donors (Lipinski definition) is 1. The maximum atomic E-state index is 12.0. The van der Waals surface area contributed by atoms with Gasteiger partial charge in [-0.05, 0) is 24.3 Å². The molecule has 3 rings (SSSR count). The van der Waals surface area contributed by atoms with Gasteiger partial charge < -0.3 is 14.9 Å². The monoisotopic (exact) mass is 335 g/mol. The minimum absolute atomic E-state index is 0.192. The highest BCUT2D eigenvalue weighted by Crippen LogP contribution is 2.19. The Morgan fingerprint density at radius 2 is 2.09 bits per heavy atom. The minimum Gasteiger partial charge on any atom is -0.549 e. The Labute approximate surface area is 132 Å². The zero-order valence-corrected chi connectivity index (χ0v) is 12.5. The SMILES string of the molecule is O=C([O-])CSc1nc2c(cnn2-c2ccc(Cl)cc2)c(=O)[nH]1. The number of carboxylic acids is 1. The van der Waals surface area contributed by atoms with Gasteiger partial charge in [-0.1, -0.05) is 23.4 Å². The molecule has 0 aliphatic carbocycles. The second-order valence-electron chi connectivity index (χ2n) is 4.30. The number of aliphatic carboxylic acids is 1. The van der Waals surface area contributed by atoms with Gasteiger partial charge in [-0.3, -0.25) is 4.79 Å². The lowest BCUT2D eigenvalue weighted by atomic mass is 10.3. The van der Waals surface area contributed by atoms with E-state index in [0.29, 0.717) is 21.7 Å². The third-order valence-electron chi connectivity index (χ3n) is 2.81. The summed E-state index contributed by atoms with van der Waals surface area (Å²) in [5.41, 5.74) is 0.645. The van der Waals surface area contributed by atoms with E-state index in [4.69, 9.17) is 11.6 Å². The van der Waals surface area contributed by atoms with Crippen molar-refractivity contribution in [2.24, 2.45) is 0 Å². The number of hydrogen-bond acceptors (Lipinski definition) is 6. The Bertz CT molecular complexity index is 904. The maximum Gasteiger partial charge on any atom is 0.262 e. The molecule has 0 fully saturated rings. The summed E-state index contributed by atoms with van der Waals surface area (Å²) in [4.78, 5) is 29.3. The average molecular weight is 336 g/mol. The summed E-state index contributed by atoms with van der Waals surface area (Å²) in [6, 6.07) is 6.88. The molecule has 0 atom stereocenters. The van der Waals surface area contributed by atoms with Crippen molar-refractivity contribution in [3.63, 3.8) is 0 Å². The first kappa shape index (κ1) is 14.6. The fraction of sp³-hybridized carbons (Fsp3) is 0.0769. The Morgan fingerprint density at radius 1 is 1.36 bits per heavy atom. The molecule has 2 aromatic heterocycles. The molecule has 112 valence electrons. The molecule has 22 heavy (non-hydrogen) atoms. The van der Waals surface area contributed by atoms with Crippen LogP contribution < -0.4 is 10.7 Å². The van der Waals surface area contributed by atoms with Gasteiger partial charge in [-0.2, -0.15) is 5.10 Å². The molecular weight excluding hydrogens is 328 g/mol. The van der Waals surface area contributed by atoms with Crippen molar-refractivity contribution in [1.29, 1.82) is 0 Å². The predicted molar refractivity (Wildman–Crippen MR) is 80.2 cm³/mol. The maximum absolute atomic E-state index is 12.0. The Balaban J connectivity index is 2.10. The highest BCUT2D eigenvalue weighted by atomic mass is 35.5. The summed E-state index contributed by atoms with van der Waals surface area (Å²) in [6.45, 7) is 0. The molecule has 0 spiro atoms. The number of fused-ring (bicyclic) bond motifs is 1. The lowest BCUT2D eigenvalue weighted by Gasteiger charge is -2.05. The van der Waals surface area contributed by atoms with Gasteiger partial charge >= 0.3 is 0 Å². The molecule has 7 nitrogen and oxygen atoms in total. The number of thioether (sulfide) groups is 1. The molecule has 0 aliphatic heterocycles. The molecule has 0 bridgehead atoms. The van der Waals surface area contributed by atoms with Crippen molar-refractivity contribution in [3.05, 3.63) is 45.8 Å². The molecule has 3 aromatic rings. The summed E-state index contributed by atoms with van der Waals surface area (Å²) < 4.78 is 1.49. The molecular formula is C13H8ClN4O3S-. The van der Waals surface area contributed by atoms with Crippen LogP contribution in [-0.4, -0.2) is 31.5 Å². The molecule has 0 saturated heterocycles. The standard InChI is InChI=1S/C13H9ClN4O3S/c14-7-1-3-8(4-2-7)18-11-9(5-15-18)12(21)17-13(16-11)22-6-10(19)20/h1-5H,6H2,(H,19,20)(H,16,17,21)/p-1. The molecule has 0 unspecified atom stereocenters. The van der Waals surface area contributed by atoms with Gasteiger partial charge in [0.15, 0.2) is 10.8 Å². The van der Waals surface area contributed by atoms with Crippen LogP contribution in [0.25, 0.3) is 16.7 Å². The van der Waals surface area contributed by atoms with Gasteiger partial charge in [-0.25, -0.2) is 9.67 Å². The van der Waals surface area contributed by atoms with Gasteiger partial charge in [0.1, 0.15) is 5.39 Å². The van der Waals surface area contributed by atoms with Crippen molar-refractivity contribution < 1.29 is 9.90 Å². The van der Waals surface area contributed by atoms with Crippen LogP contribution in [0, 0.1) is 0 Å². The van der Waals surface area contributed by atoms with E-state index in [1.54, 1.807) is 24.3 Å². The van der Waals surface area contributed by atoms with Crippen molar-refractivity contribution in [2.45, 2.75) is 5.16 Å². The fourth-order valence-corrected chi connectivity index (χ4v) is 2.56. The smallest absolute Gasteiger partial charge is 0.262 e. The number of rotatable bonds is 4. The number of halogens is 1. The van der Waals surface area contributed by atoms with E-state index in [2.05, 4.69) is 15.1 Å². The lowest BCUT2D eigenvalue weighted by Crippen LogP contribution is -2.24. The fourth-order valence-electron chi connectivity index (χ4n) is 1.87. The number of benzene rings is 1. The molecule has 1 N–H and O–H groups in total. The quantitative estimate of drug-likeness (QED) is 0.553. The van der Waals surface area contributed by atoms with E-state index in [1.165, 1.54) is 10.9 Å². The van der Waals surface area contributed by atoms with Crippen LogP contribution in [-0.2, 0) is 4.79 Å². The topological polar surface area (TPSA) is 104 Å². The predicted octanol–water partition coefficient (Wildman–Crippen LogP) is 0.604. The summed E-state index contributed by atoms with van der Waals surface area (Å²) in [6.07, 6.45) is 1.41. The molecule has 0 radical (unpaired) electrons. The number of carbonyl (C=O) groups excluding carboxylic acids is 1. The number of aromatic amines is 1. The van der Waals surface area contributed by atoms with E-state index in [-0.39, 0.29) is 16.5 Å². The average Bonchev–Trinajstić information content (AvgIpc) is 2.90. The first-order chi connectivity index (χ1) is 10.5. The lowest BCUT2D eigenvalue weighted by molar-refractivity contribution is -0.301. The minimum atomic E-state index is -1.24. The van der Waals surface area contributed by atoms with Gasteiger partial charge in [0.25, 0.3) is 5.56 Å². The van der Waals surface area contributed by atoms with Crippen LogP contribution in [0.5, 0.6) is 0 Å². The number of H-pyrrole nitrogens is 1. The first-order valence-electron chi connectivity index (χ1n) is 6.11. The van der Waals surface area contributed by atoms with Crippen molar-refractivity contribution in [1.82, 2.24) is 19.7 Å². The Kier molecular flexibility index (Phi) is 3.86. The van der Waals surface area contributed by atoms with Gasteiger partial charge in [0.2, 0.25) is 0 Å². The van der Waals surface area contributed by atoms with Crippen LogP contribution >= 0.6 is 23.4 Å². The van der Waals surface area contributed by atoms with Crippen molar-refractivity contribution in [3.8, 4) is 5.69 Å². The molecule has 1 aromatic carbocycles. The van der Waals surface area contributed by atoms with E-state index < -0.39 is 5.97 Å². The molecule has 0 amide bonds. The van der Waals surface area contributed by atoms with Crippen molar-refractivity contribution >= 4 is 40.4 Å². The summed E-state index contributed by atoms with van der Waals surface area (Å²) in [5.74, 6) is -1.54. The molecule has 9 heteroatoms. The number of nitrogens with zero attached hydrogens (tertiary/aromatic N) is 3. The van der Waals surface area contributed by atoms with Crippen LogP contribution in [0.4, 0.5) is 0 Å². The normalized spacial score (nSPS) is 11.0. The van der Waals surface area contributed by atoms with E-state index in [1.807, 2.05) is 0 Å². The van der Waals surface area contributed by atoms with Crippen molar-refractivity contribution in [2.75, 3.05) is 5.75 Å².